The summed E-state index contributed by atoms with van der Waals surface area (Å²) in [6.07, 6.45) is 0. The molecule has 0 bridgehead atoms. The molecule has 0 aliphatic carbocycles. The summed E-state index contributed by atoms with van der Waals surface area (Å²) in [6, 6.07) is 21.2. The van der Waals surface area contributed by atoms with E-state index in [4.69, 9.17) is 23.2 Å². The number of amides is 1. The highest BCUT2D eigenvalue weighted by molar-refractivity contribution is 7.99. The Hall–Kier alpha value is -3.13. The van der Waals surface area contributed by atoms with E-state index in [1.807, 2.05) is 24.3 Å². The standard InChI is InChI=1S/C24H18Cl2N4O2S/c1-15(18-6-2-4-8-20(18)26)28-29-22(31)14-33-24-27-21-9-5-3-7-19(21)23(32)30(24)17-12-10-16(25)11-13-17/h2-13H,14H2,1H3,(H,29,31)/b28-15+. The number of nitrogens with zero attached hydrogens (tertiary/aromatic N) is 3. The molecule has 0 fully saturated rings. The van der Waals surface area contributed by atoms with Crippen LogP contribution >= 0.6 is 35.0 Å². The number of carbonyl (C=O) groups excluding carboxylic acids is 1. The second kappa shape index (κ2) is 10.2. The molecule has 1 N–H and O–H groups in total. The summed E-state index contributed by atoms with van der Waals surface area (Å²) in [5.41, 5.74) is 4.80. The molecule has 0 saturated heterocycles. The highest BCUT2D eigenvalue weighted by Crippen LogP contribution is 2.22. The van der Waals surface area contributed by atoms with Crippen molar-refractivity contribution in [1.82, 2.24) is 15.0 Å². The zero-order valence-electron chi connectivity index (χ0n) is 17.5. The lowest BCUT2D eigenvalue weighted by Crippen LogP contribution is -2.24. The molecule has 0 spiro atoms. The predicted octanol–water partition coefficient (Wildman–Crippen LogP) is 5.33. The number of aromatic nitrogens is 2. The Bertz CT molecular complexity index is 1420. The first kappa shape index (κ1) is 23.0. The van der Waals surface area contributed by atoms with Crippen LogP contribution in [0.25, 0.3) is 16.6 Å². The molecule has 0 radical (unpaired) electrons. The van der Waals surface area contributed by atoms with Gasteiger partial charge in [0.1, 0.15) is 0 Å². The maximum absolute atomic E-state index is 13.2. The second-order valence-corrected chi connectivity index (χ2v) is 8.82. The van der Waals surface area contributed by atoms with E-state index in [9.17, 15) is 9.59 Å². The van der Waals surface area contributed by atoms with Gasteiger partial charge in [-0.2, -0.15) is 5.10 Å². The van der Waals surface area contributed by atoms with Gasteiger partial charge < -0.3 is 0 Å². The molecule has 1 amide bonds. The number of hydrazone groups is 1. The largest absolute Gasteiger partial charge is 0.272 e. The molecule has 33 heavy (non-hydrogen) atoms. The molecule has 9 heteroatoms. The van der Waals surface area contributed by atoms with Crippen molar-refractivity contribution in [3.63, 3.8) is 0 Å². The number of para-hydroxylation sites is 1. The van der Waals surface area contributed by atoms with E-state index in [0.29, 0.717) is 37.5 Å². The summed E-state index contributed by atoms with van der Waals surface area (Å²) in [7, 11) is 0. The van der Waals surface area contributed by atoms with E-state index in [1.165, 1.54) is 4.57 Å². The summed E-state index contributed by atoms with van der Waals surface area (Å²) in [5, 5.41) is 6.13. The van der Waals surface area contributed by atoms with Crippen LogP contribution in [0, 0.1) is 0 Å². The minimum Gasteiger partial charge on any atom is -0.272 e. The van der Waals surface area contributed by atoms with Crippen molar-refractivity contribution in [2.75, 3.05) is 5.75 Å². The normalized spacial score (nSPS) is 11.5. The van der Waals surface area contributed by atoms with Gasteiger partial charge in [-0.3, -0.25) is 14.2 Å². The van der Waals surface area contributed by atoms with E-state index in [0.717, 1.165) is 17.3 Å². The smallest absolute Gasteiger partial charge is 0.266 e. The molecule has 0 unspecified atom stereocenters. The molecule has 166 valence electrons. The fourth-order valence-electron chi connectivity index (χ4n) is 3.15. The van der Waals surface area contributed by atoms with E-state index < -0.39 is 0 Å². The molecule has 1 aromatic heterocycles. The molecule has 3 aromatic carbocycles. The van der Waals surface area contributed by atoms with Gasteiger partial charge in [0.05, 0.1) is 28.1 Å². The molecule has 1 heterocycles. The van der Waals surface area contributed by atoms with Gasteiger partial charge in [-0.05, 0) is 49.4 Å². The Kier molecular flexibility index (Phi) is 7.13. The van der Waals surface area contributed by atoms with Crippen LogP contribution in [0.3, 0.4) is 0 Å². The lowest BCUT2D eigenvalue weighted by molar-refractivity contribution is -0.118. The van der Waals surface area contributed by atoms with Gasteiger partial charge in [-0.15, -0.1) is 0 Å². The first-order chi connectivity index (χ1) is 15.9. The molecule has 6 nitrogen and oxygen atoms in total. The van der Waals surface area contributed by atoms with Crippen molar-refractivity contribution >= 4 is 57.5 Å². The van der Waals surface area contributed by atoms with Gasteiger partial charge in [0.2, 0.25) is 0 Å². The van der Waals surface area contributed by atoms with Crippen molar-refractivity contribution in [3.8, 4) is 5.69 Å². The van der Waals surface area contributed by atoms with E-state index in [2.05, 4.69) is 15.5 Å². The van der Waals surface area contributed by atoms with Crippen molar-refractivity contribution in [1.29, 1.82) is 0 Å². The van der Waals surface area contributed by atoms with E-state index in [-0.39, 0.29) is 17.2 Å². The molecular formula is C24H18Cl2N4O2S. The van der Waals surface area contributed by atoms with Crippen LogP contribution in [-0.2, 0) is 4.79 Å². The number of rotatable bonds is 6. The number of thioether (sulfide) groups is 1. The average molecular weight is 497 g/mol. The van der Waals surface area contributed by atoms with E-state index in [1.54, 1.807) is 55.5 Å². The predicted molar refractivity (Wildman–Crippen MR) is 135 cm³/mol. The molecular weight excluding hydrogens is 479 g/mol. The summed E-state index contributed by atoms with van der Waals surface area (Å²) in [4.78, 5) is 30.3. The highest BCUT2D eigenvalue weighted by atomic mass is 35.5. The number of nitrogens with one attached hydrogen (secondary N) is 1. The third kappa shape index (κ3) is 5.27. The van der Waals surface area contributed by atoms with E-state index >= 15 is 0 Å². The van der Waals surface area contributed by atoms with Crippen LogP contribution in [0.5, 0.6) is 0 Å². The maximum Gasteiger partial charge on any atom is 0.266 e. The molecule has 0 aliphatic rings. The van der Waals surface area contributed by atoms with Crippen LogP contribution in [0.1, 0.15) is 12.5 Å². The fourth-order valence-corrected chi connectivity index (χ4v) is 4.35. The highest BCUT2D eigenvalue weighted by Gasteiger charge is 2.15. The van der Waals surface area contributed by atoms with Crippen LogP contribution in [0.2, 0.25) is 10.0 Å². The number of carbonyl (C=O) groups is 1. The van der Waals surface area contributed by atoms with Crippen molar-refractivity contribution < 1.29 is 4.79 Å². The number of halogens is 2. The topological polar surface area (TPSA) is 76.3 Å². The van der Waals surface area contributed by atoms with Gasteiger partial charge in [-0.25, -0.2) is 10.4 Å². The first-order valence-corrected chi connectivity index (χ1v) is 11.7. The van der Waals surface area contributed by atoms with Gasteiger partial charge in [0.15, 0.2) is 5.16 Å². The fraction of sp³-hybridized carbons (Fsp3) is 0.0833. The summed E-state index contributed by atoms with van der Waals surface area (Å²) < 4.78 is 1.48. The monoisotopic (exact) mass is 496 g/mol. The van der Waals surface area contributed by atoms with Crippen molar-refractivity contribution in [2.45, 2.75) is 12.1 Å². The van der Waals surface area contributed by atoms with Gasteiger partial charge >= 0.3 is 0 Å². The van der Waals surface area contributed by atoms with Crippen LogP contribution in [0.15, 0.2) is 87.8 Å². The molecule has 0 aliphatic heterocycles. The summed E-state index contributed by atoms with van der Waals surface area (Å²) >= 11 is 13.3. The Labute approximate surface area is 204 Å². The number of hydrogen-bond acceptors (Lipinski definition) is 5. The molecule has 4 aromatic rings. The number of fused-ring (bicyclic) bond motifs is 1. The van der Waals surface area contributed by atoms with Crippen molar-refractivity contribution in [3.05, 3.63) is 98.8 Å². The van der Waals surface area contributed by atoms with Crippen LogP contribution in [0.4, 0.5) is 0 Å². The van der Waals surface area contributed by atoms with Gasteiger partial charge in [-0.1, -0.05) is 65.3 Å². The quantitative estimate of drug-likeness (QED) is 0.169. The second-order valence-electron chi connectivity index (χ2n) is 7.03. The molecule has 0 saturated carbocycles. The average Bonchev–Trinajstić information content (AvgIpc) is 2.82. The lowest BCUT2D eigenvalue weighted by atomic mass is 10.1. The number of benzene rings is 3. The molecule has 0 atom stereocenters. The Morgan fingerprint density at radius 3 is 2.48 bits per heavy atom. The minimum absolute atomic E-state index is 0.0116. The van der Waals surface area contributed by atoms with Crippen LogP contribution < -0.4 is 11.0 Å². The SMILES string of the molecule is C/C(=N\NC(=O)CSc1nc2ccccc2c(=O)n1-c1ccc(Cl)cc1)c1ccccc1Cl. The zero-order valence-corrected chi connectivity index (χ0v) is 19.8. The lowest BCUT2D eigenvalue weighted by Gasteiger charge is -2.13. The molecule has 4 rings (SSSR count). The summed E-state index contributed by atoms with van der Waals surface area (Å²) in [5.74, 6) is -0.325. The Morgan fingerprint density at radius 2 is 1.73 bits per heavy atom. The zero-order chi connectivity index (χ0) is 23.4. The Balaban J connectivity index is 1.59. The third-order valence-electron chi connectivity index (χ3n) is 4.77. The van der Waals surface area contributed by atoms with Crippen LogP contribution in [-0.4, -0.2) is 26.9 Å². The van der Waals surface area contributed by atoms with Gasteiger partial charge in [0.25, 0.3) is 11.5 Å². The van der Waals surface area contributed by atoms with Gasteiger partial charge in [0, 0.05) is 15.6 Å². The Morgan fingerprint density at radius 1 is 1.03 bits per heavy atom. The minimum atomic E-state index is -0.337. The first-order valence-electron chi connectivity index (χ1n) is 9.92. The third-order valence-corrected chi connectivity index (χ3v) is 6.29. The number of hydrogen-bond donors (Lipinski definition) is 1. The summed E-state index contributed by atoms with van der Waals surface area (Å²) in [6.45, 7) is 1.76. The maximum atomic E-state index is 13.2. The van der Waals surface area contributed by atoms with Crippen molar-refractivity contribution in [2.24, 2.45) is 5.10 Å².